The molecule has 1 fully saturated rings. The van der Waals surface area contributed by atoms with Crippen molar-refractivity contribution in [3.8, 4) is 0 Å². The van der Waals surface area contributed by atoms with Crippen molar-refractivity contribution in [1.82, 2.24) is 5.32 Å². The Balaban J connectivity index is 1.55. The molecular formula is C23H27NO. The van der Waals surface area contributed by atoms with Crippen LogP contribution in [0.5, 0.6) is 0 Å². The summed E-state index contributed by atoms with van der Waals surface area (Å²) < 4.78 is 0. The van der Waals surface area contributed by atoms with Crippen LogP contribution in [-0.2, 0) is 23.1 Å². The molecule has 0 aromatic heterocycles. The van der Waals surface area contributed by atoms with Crippen molar-refractivity contribution >= 4 is 5.91 Å². The van der Waals surface area contributed by atoms with Gasteiger partial charge in [-0.15, -0.1) is 0 Å². The van der Waals surface area contributed by atoms with Gasteiger partial charge in [0.1, 0.15) is 0 Å². The monoisotopic (exact) mass is 333 g/mol. The van der Waals surface area contributed by atoms with Gasteiger partial charge in [-0.25, -0.2) is 0 Å². The fourth-order valence-corrected chi connectivity index (χ4v) is 4.66. The molecule has 1 atom stereocenters. The Morgan fingerprint density at radius 2 is 1.68 bits per heavy atom. The first-order chi connectivity index (χ1) is 12.2. The average molecular weight is 333 g/mol. The van der Waals surface area contributed by atoms with E-state index < -0.39 is 0 Å². The number of aryl methyl sites for hydroxylation is 2. The van der Waals surface area contributed by atoms with E-state index in [0.29, 0.717) is 0 Å². The lowest BCUT2D eigenvalue weighted by molar-refractivity contribution is -0.127. The summed E-state index contributed by atoms with van der Waals surface area (Å²) in [5, 5.41) is 3.33. The second-order valence-corrected chi connectivity index (χ2v) is 7.73. The highest BCUT2D eigenvalue weighted by Gasteiger charge is 2.42. The van der Waals surface area contributed by atoms with Crippen molar-refractivity contribution in [2.75, 3.05) is 0 Å². The third-order valence-electron chi connectivity index (χ3n) is 6.19. The number of benzene rings is 2. The van der Waals surface area contributed by atoms with Gasteiger partial charge in [-0.1, -0.05) is 61.4 Å². The van der Waals surface area contributed by atoms with Gasteiger partial charge in [0.2, 0.25) is 5.91 Å². The Labute approximate surface area is 150 Å². The molecule has 1 saturated carbocycles. The predicted molar refractivity (Wildman–Crippen MR) is 102 cm³/mol. The molecule has 2 nitrogen and oxygen atoms in total. The SMILES string of the molecule is C[C@H](NC(=O)C1(c2ccccc2)CCCC1)c1ccc2c(c1)CCC2. The maximum absolute atomic E-state index is 13.3. The minimum atomic E-state index is -0.341. The zero-order valence-corrected chi connectivity index (χ0v) is 15.1. The van der Waals surface area contributed by atoms with E-state index in [0.717, 1.165) is 25.7 Å². The van der Waals surface area contributed by atoms with E-state index >= 15 is 0 Å². The largest absolute Gasteiger partial charge is 0.349 e. The molecule has 2 aliphatic rings. The molecule has 0 saturated heterocycles. The number of hydrogen-bond donors (Lipinski definition) is 1. The molecular weight excluding hydrogens is 306 g/mol. The Kier molecular flexibility index (Phi) is 4.37. The summed E-state index contributed by atoms with van der Waals surface area (Å²) in [5.41, 5.74) is 5.02. The third-order valence-corrected chi connectivity index (χ3v) is 6.19. The molecule has 0 spiro atoms. The predicted octanol–water partition coefficient (Wildman–Crippen LogP) is 4.86. The maximum atomic E-state index is 13.3. The minimum Gasteiger partial charge on any atom is -0.349 e. The van der Waals surface area contributed by atoms with Gasteiger partial charge >= 0.3 is 0 Å². The molecule has 25 heavy (non-hydrogen) atoms. The molecule has 0 aliphatic heterocycles. The molecule has 0 unspecified atom stereocenters. The lowest BCUT2D eigenvalue weighted by Crippen LogP contribution is -2.43. The molecule has 0 bridgehead atoms. The zero-order valence-electron chi connectivity index (χ0n) is 15.1. The van der Waals surface area contributed by atoms with Crippen LogP contribution in [0.2, 0.25) is 0 Å². The number of hydrogen-bond acceptors (Lipinski definition) is 1. The summed E-state index contributed by atoms with van der Waals surface area (Å²) in [5.74, 6) is 0.198. The second kappa shape index (κ2) is 6.67. The van der Waals surface area contributed by atoms with Gasteiger partial charge in [0, 0.05) is 0 Å². The Hall–Kier alpha value is -2.09. The molecule has 0 radical (unpaired) electrons. The van der Waals surface area contributed by atoms with Crippen molar-refractivity contribution in [2.45, 2.75) is 63.3 Å². The van der Waals surface area contributed by atoms with E-state index in [-0.39, 0.29) is 17.4 Å². The number of carbonyl (C=O) groups excluding carboxylic acids is 1. The summed E-state index contributed by atoms with van der Waals surface area (Å²) in [7, 11) is 0. The van der Waals surface area contributed by atoms with E-state index in [1.807, 2.05) is 18.2 Å². The van der Waals surface area contributed by atoms with Gasteiger partial charge in [0.15, 0.2) is 0 Å². The highest BCUT2D eigenvalue weighted by molar-refractivity contribution is 5.89. The van der Waals surface area contributed by atoms with Crippen molar-refractivity contribution in [3.63, 3.8) is 0 Å². The molecule has 2 aromatic carbocycles. The van der Waals surface area contributed by atoms with E-state index in [4.69, 9.17) is 0 Å². The first-order valence-electron chi connectivity index (χ1n) is 9.67. The molecule has 130 valence electrons. The number of fused-ring (bicyclic) bond motifs is 1. The fraction of sp³-hybridized carbons (Fsp3) is 0.435. The Morgan fingerprint density at radius 3 is 2.44 bits per heavy atom. The van der Waals surface area contributed by atoms with Crippen LogP contribution in [0.1, 0.15) is 67.3 Å². The summed E-state index contributed by atoms with van der Waals surface area (Å²) in [4.78, 5) is 13.3. The Bertz CT molecular complexity index is 759. The van der Waals surface area contributed by atoms with Crippen LogP contribution in [0.25, 0.3) is 0 Å². The summed E-state index contributed by atoms with van der Waals surface area (Å²) in [6.07, 6.45) is 7.83. The molecule has 4 rings (SSSR count). The standard InChI is InChI=1S/C23H27NO/c1-17(19-13-12-18-8-7-9-20(18)16-19)24-22(25)23(14-5-6-15-23)21-10-3-2-4-11-21/h2-4,10-13,16-17H,5-9,14-15H2,1H3,(H,24,25)/t17-/m0/s1. The minimum absolute atomic E-state index is 0.0552. The van der Waals surface area contributed by atoms with Gasteiger partial charge in [-0.2, -0.15) is 0 Å². The molecule has 2 heteroatoms. The summed E-state index contributed by atoms with van der Waals surface area (Å²) >= 11 is 0. The van der Waals surface area contributed by atoms with Crippen LogP contribution in [0, 0.1) is 0 Å². The van der Waals surface area contributed by atoms with Gasteiger partial charge < -0.3 is 5.32 Å². The van der Waals surface area contributed by atoms with Gasteiger partial charge in [0.05, 0.1) is 11.5 Å². The third kappa shape index (κ3) is 2.99. The summed E-state index contributed by atoms with van der Waals surface area (Å²) in [6.45, 7) is 2.11. The van der Waals surface area contributed by atoms with Crippen LogP contribution in [0.3, 0.4) is 0 Å². The normalized spacial score (nSPS) is 19.4. The van der Waals surface area contributed by atoms with Crippen LogP contribution in [0.4, 0.5) is 0 Å². The molecule has 2 aliphatic carbocycles. The van der Waals surface area contributed by atoms with Gasteiger partial charge in [-0.05, 0) is 61.3 Å². The Morgan fingerprint density at radius 1 is 0.960 bits per heavy atom. The van der Waals surface area contributed by atoms with E-state index in [1.165, 1.54) is 41.5 Å². The molecule has 2 aromatic rings. The lowest BCUT2D eigenvalue weighted by atomic mass is 9.77. The average Bonchev–Trinajstić information content (AvgIpc) is 3.31. The number of rotatable bonds is 4. The van der Waals surface area contributed by atoms with Crippen LogP contribution < -0.4 is 5.32 Å². The highest BCUT2D eigenvalue weighted by Crippen LogP contribution is 2.41. The van der Waals surface area contributed by atoms with Crippen molar-refractivity contribution in [1.29, 1.82) is 0 Å². The van der Waals surface area contributed by atoms with Crippen LogP contribution in [-0.4, -0.2) is 5.91 Å². The van der Waals surface area contributed by atoms with Crippen molar-refractivity contribution in [2.24, 2.45) is 0 Å². The maximum Gasteiger partial charge on any atom is 0.231 e. The molecule has 1 amide bonds. The van der Waals surface area contributed by atoms with E-state index in [2.05, 4.69) is 42.6 Å². The number of nitrogens with one attached hydrogen (secondary N) is 1. The lowest BCUT2D eigenvalue weighted by Gasteiger charge is -2.30. The van der Waals surface area contributed by atoms with Crippen LogP contribution >= 0.6 is 0 Å². The summed E-state index contributed by atoms with van der Waals surface area (Å²) in [6, 6.07) is 17.2. The van der Waals surface area contributed by atoms with Crippen molar-refractivity contribution in [3.05, 3.63) is 70.8 Å². The molecule has 1 N–H and O–H groups in total. The quantitative estimate of drug-likeness (QED) is 0.850. The number of carbonyl (C=O) groups is 1. The van der Waals surface area contributed by atoms with Gasteiger partial charge in [-0.3, -0.25) is 4.79 Å². The van der Waals surface area contributed by atoms with E-state index in [1.54, 1.807) is 0 Å². The topological polar surface area (TPSA) is 29.1 Å². The zero-order chi connectivity index (χ0) is 17.3. The van der Waals surface area contributed by atoms with E-state index in [9.17, 15) is 4.79 Å². The van der Waals surface area contributed by atoms with Crippen molar-refractivity contribution < 1.29 is 4.79 Å². The van der Waals surface area contributed by atoms with Crippen LogP contribution in [0.15, 0.2) is 48.5 Å². The molecule has 0 heterocycles. The fourth-order valence-electron chi connectivity index (χ4n) is 4.66. The number of amides is 1. The van der Waals surface area contributed by atoms with Gasteiger partial charge in [0.25, 0.3) is 0 Å². The second-order valence-electron chi connectivity index (χ2n) is 7.73. The first-order valence-corrected chi connectivity index (χ1v) is 9.67. The highest BCUT2D eigenvalue weighted by atomic mass is 16.2. The first kappa shape index (κ1) is 16.4. The smallest absolute Gasteiger partial charge is 0.231 e.